The Labute approximate surface area is 179 Å². The molecule has 0 amide bonds. The zero-order chi connectivity index (χ0) is 21.4. The predicted molar refractivity (Wildman–Crippen MR) is 114 cm³/mol. The molecule has 31 heavy (non-hydrogen) atoms. The number of cyclic esters (lactones) is 1. The van der Waals surface area contributed by atoms with Crippen LogP contribution >= 0.6 is 0 Å². The lowest BCUT2D eigenvalue weighted by Crippen LogP contribution is -2.37. The van der Waals surface area contributed by atoms with E-state index < -0.39 is 11.9 Å². The molecule has 0 bridgehead atoms. The second kappa shape index (κ2) is 8.03. The molecule has 1 fully saturated rings. The highest BCUT2D eigenvalue weighted by atomic mass is 16.5. The maximum absolute atomic E-state index is 13.0. The van der Waals surface area contributed by atoms with Crippen molar-refractivity contribution in [2.24, 2.45) is 0 Å². The molecule has 0 aliphatic carbocycles. The zero-order valence-electron chi connectivity index (χ0n) is 17.3. The summed E-state index contributed by atoms with van der Waals surface area (Å²) in [5, 5.41) is 4.87. The number of benzene rings is 1. The Hall–Kier alpha value is -3.39. The zero-order valence-corrected chi connectivity index (χ0v) is 17.3. The average Bonchev–Trinajstić information content (AvgIpc) is 3.16. The lowest BCUT2D eigenvalue weighted by molar-refractivity contribution is 0.0448. The summed E-state index contributed by atoms with van der Waals surface area (Å²) in [4.78, 5) is 27.9. The van der Waals surface area contributed by atoms with E-state index in [0.717, 1.165) is 30.0 Å². The number of rotatable bonds is 4. The third kappa shape index (κ3) is 3.33. The van der Waals surface area contributed by atoms with E-state index in [4.69, 9.17) is 19.3 Å². The highest BCUT2D eigenvalue weighted by Gasteiger charge is 2.35. The van der Waals surface area contributed by atoms with Gasteiger partial charge in [-0.05, 0) is 18.6 Å². The largest absolute Gasteiger partial charge is 0.462 e. The highest BCUT2D eigenvalue weighted by molar-refractivity contribution is 6.12. The van der Waals surface area contributed by atoms with Gasteiger partial charge < -0.3 is 19.1 Å². The van der Waals surface area contributed by atoms with Crippen molar-refractivity contribution in [1.82, 2.24) is 9.61 Å². The lowest BCUT2D eigenvalue weighted by Gasteiger charge is -2.28. The third-order valence-electron chi connectivity index (χ3n) is 5.65. The van der Waals surface area contributed by atoms with Crippen LogP contribution in [-0.4, -0.2) is 61.1 Å². The summed E-state index contributed by atoms with van der Waals surface area (Å²) in [6, 6.07) is 11.8. The summed E-state index contributed by atoms with van der Waals surface area (Å²) < 4.78 is 17.8. The van der Waals surface area contributed by atoms with Gasteiger partial charge in [0.2, 0.25) is 0 Å². The Kier molecular flexibility index (Phi) is 5.07. The molecule has 8 nitrogen and oxygen atoms in total. The van der Waals surface area contributed by atoms with Crippen molar-refractivity contribution >= 4 is 23.3 Å². The van der Waals surface area contributed by atoms with Crippen molar-refractivity contribution in [2.75, 3.05) is 44.4 Å². The topological polar surface area (TPSA) is 82.4 Å². The first-order chi connectivity index (χ1) is 15.2. The molecule has 2 aromatic heterocycles. The van der Waals surface area contributed by atoms with Gasteiger partial charge in [0.25, 0.3) is 0 Å². The molecule has 2 aliphatic rings. The van der Waals surface area contributed by atoms with Crippen LogP contribution in [-0.2, 0) is 20.6 Å². The van der Waals surface area contributed by atoms with E-state index in [1.165, 1.54) is 0 Å². The average molecular weight is 421 g/mol. The monoisotopic (exact) mass is 421 g/mol. The van der Waals surface area contributed by atoms with Crippen LogP contribution < -0.4 is 4.90 Å². The van der Waals surface area contributed by atoms with Gasteiger partial charge >= 0.3 is 11.9 Å². The molecule has 0 saturated carbocycles. The second-order valence-electron chi connectivity index (χ2n) is 7.45. The van der Waals surface area contributed by atoms with Crippen molar-refractivity contribution in [3.05, 3.63) is 53.2 Å². The fourth-order valence-corrected chi connectivity index (χ4v) is 4.25. The minimum absolute atomic E-state index is 0.208. The SMILES string of the molecule is CCOC(=O)c1c2c(n3nc(N4CCOCC4)cc(-c4ccccc4)c13)CCOC2=O. The van der Waals surface area contributed by atoms with Crippen molar-refractivity contribution in [3.8, 4) is 11.1 Å². The highest BCUT2D eigenvalue weighted by Crippen LogP contribution is 2.36. The molecule has 0 N–H and O–H groups in total. The molecule has 0 unspecified atom stereocenters. The number of anilines is 1. The molecule has 0 atom stereocenters. The molecule has 1 aromatic carbocycles. The van der Waals surface area contributed by atoms with Crippen molar-refractivity contribution in [3.63, 3.8) is 0 Å². The first-order valence-corrected chi connectivity index (χ1v) is 10.5. The molecule has 160 valence electrons. The van der Waals surface area contributed by atoms with Gasteiger partial charge in [-0.1, -0.05) is 30.3 Å². The van der Waals surface area contributed by atoms with Gasteiger partial charge in [0.05, 0.1) is 43.2 Å². The van der Waals surface area contributed by atoms with Crippen LogP contribution in [0, 0.1) is 0 Å². The molecule has 4 heterocycles. The molecular formula is C23H23N3O5. The van der Waals surface area contributed by atoms with E-state index in [9.17, 15) is 9.59 Å². The molecule has 1 saturated heterocycles. The number of fused-ring (bicyclic) bond motifs is 3. The van der Waals surface area contributed by atoms with Crippen LogP contribution in [0.15, 0.2) is 36.4 Å². The molecule has 2 aliphatic heterocycles. The Morgan fingerprint density at radius 3 is 2.68 bits per heavy atom. The summed E-state index contributed by atoms with van der Waals surface area (Å²) >= 11 is 0. The Bertz CT molecular complexity index is 1150. The van der Waals surface area contributed by atoms with Crippen LogP contribution in [0.25, 0.3) is 16.6 Å². The normalized spacial score (nSPS) is 16.2. The summed E-state index contributed by atoms with van der Waals surface area (Å²) in [7, 11) is 0. The first-order valence-electron chi connectivity index (χ1n) is 10.5. The maximum Gasteiger partial charge on any atom is 0.341 e. The van der Waals surface area contributed by atoms with Gasteiger partial charge in [-0.15, -0.1) is 5.10 Å². The number of hydrogen-bond acceptors (Lipinski definition) is 7. The van der Waals surface area contributed by atoms with Crippen molar-refractivity contribution in [2.45, 2.75) is 13.3 Å². The minimum Gasteiger partial charge on any atom is -0.462 e. The fraction of sp³-hybridized carbons (Fsp3) is 0.348. The maximum atomic E-state index is 13.0. The number of ether oxygens (including phenoxy) is 3. The smallest absolute Gasteiger partial charge is 0.341 e. The summed E-state index contributed by atoms with van der Waals surface area (Å²) in [5.41, 5.74) is 3.49. The Balaban J connectivity index is 1.84. The summed E-state index contributed by atoms with van der Waals surface area (Å²) in [6.07, 6.45) is 0.482. The second-order valence-corrected chi connectivity index (χ2v) is 7.45. The molecular weight excluding hydrogens is 398 g/mol. The number of morpholine rings is 1. The van der Waals surface area contributed by atoms with E-state index in [1.807, 2.05) is 36.4 Å². The van der Waals surface area contributed by atoms with E-state index in [-0.39, 0.29) is 24.3 Å². The Morgan fingerprint density at radius 2 is 1.94 bits per heavy atom. The number of hydrogen-bond donors (Lipinski definition) is 0. The molecule has 0 radical (unpaired) electrons. The van der Waals surface area contributed by atoms with Gasteiger partial charge in [0.15, 0.2) is 0 Å². The van der Waals surface area contributed by atoms with Crippen LogP contribution in [0.2, 0.25) is 0 Å². The Morgan fingerprint density at radius 1 is 1.16 bits per heavy atom. The molecule has 0 spiro atoms. The van der Waals surface area contributed by atoms with Crippen molar-refractivity contribution < 1.29 is 23.8 Å². The van der Waals surface area contributed by atoms with Gasteiger partial charge in [-0.25, -0.2) is 14.1 Å². The van der Waals surface area contributed by atoms with Gasteiger partial charge in [0, 0.05) is 25.1 Å². The van der Waals surface area contributed by atoms with Gasteiger partial charge in [-0.2, -0.15) is 0 Å². The van der Waals surface area contributed by atoms with Crippen molar-refractivity contribution in [1.29, 1.82) is 0 Å². The van der Waals surface area contributed by atoms with Gasteiger partial charge in [0.1, 0.15) is 11.4 Å². The van der Waals surface area contributed by atoms with E-state index in [1.54, 1.807) is 11.4 Å². The first kappa shape index (κ1) is 19.6. The number of carbonyl (C=O) groups is 2. The predicted octanol–water partition coefficient (Wildman–Crippen LogP) is 2.73. The van der Waals surface area contributed by atoms with E-state index in [0.29, 0.717) is 30.8 Å². The number of esters is 2. The molecule has 5 rings (SSSR count). The van der Waals surface area contributed by atoms with Crippen LogP contribution in [0.4, 0.5) is 5.82 Å². The number of nitrogens with zero attached hydrogens (tertiary/aromatic N) is 3. The van der Waals surface area contributed by atoms with Crippen LogP contribution in [0.1, 0.15) is 33.3 Å². The molecule has 3 aromatic rings. The molecule has 8 heteroatoms. The van der Waals surface area contributed by atoms with Crippen LogP contribution in [0.5, 0.6) is 0 Å². The van der Waals surface area contributed by atoms with E-state index >= 15 is 0 Å². The number of aromatic nitrogens is 2. The van der Waals surface area contributed by atoms with Crippen LogP contribution in [0.3, 0.4) is 0 Å². The number of carbonyl (C=O) groups excluding carboxylic acids is 2. The quantitative estimate of drug-likeness (QED) is 0.599. The van der Waals surface area contributed by atoms with Gasteiger partial charge in [-0.3, -0.25) is 0 Å². The third-order valence-corrected chi connectivity index (χ3v) is 5.65. The van der Waals surface area contributed by atoms with E-state index in [2.05, 4.69) is 4.90 Å². The standard InChI is InChI=1S/C23H23N3O5/c1-2-30-23(28)20-19-17(8-11-31-22(19)27)26-21(20)16(15-6-4-3-5-7-15)14-18(24-26)25-9-12-29-13-10-25/h3-7,14H,2,8-13H2,1H3. The summed E-state index contributed by atoms with van der Waals surface area (Å²) in [6.45, 7) is 4.92. The summed E-state index contributed by atoms with van der Waals surface area (Å²) in [5.74, 6) is -0.276. The fourth-order valence-electron chi connectivity index (χ4n) is 4.25. The lowest BCUT2D eigenvalue weighted by atomic mass is 10.0. The minimum atomic E-state index is -0.543.